The van der Waals surface area contributed by atoms with Gasteiger partial charge in [-0.05, 0) is 42.0 Å². The highest BCUT2D eigenvalue weighted by Gasteiger charge is 2.07. The van der Waals surface area contributed by atoms with Crippen molar-refractivity contribution in [3.63, 3.8) is 0 Å². The summed E-state index contributed by atoms with van der Waals surface area (Å²) in [5.41, 5.74) is 5.68. The van der Waals surface area contributed by atoms with Gasteiger partial charge < -0.3 is 0 Å². The molecule has 0 spiro atoms. The quantitative estimate of drug-likeness (QED) is 0.517. The minimum absolute atomic E-state index is 0.278. The molecule has 0 saturated heterocycles. The van der Waals surface area contributed by atoms with Gasteiger partial charge in [-0.1, -0.05) is 12.1 Å². The molecule has 0 unspecified atom stereocenters. The lowest BCUT2D eigenvalue weighted by molar-refractivity contribution is 0.628. The van der Waals surface area contributed by atoms with Gasteiger partial charge in [-0.15, -0.1) is 0 Å². The third kappa shape index (κ3) is 2.48. The molecule has 0 atom stereocenters. The lowest BCUT2D eigenvalue weighted by Gasteiger charge is -2.05. The van der Waals surface area contributed by atoms with Gasteiger partial charge in [0.15, 0.2) is 5.65 Å². The minimum Gasteiger partial charge on any atom is -0.278 e. The Kier molecular flexibility index (Phi) is 3.21. The van der Waals surface area contributed by atoms with Crippen LogP contribution in [0.15, 0.2) is 67.1 Å². The number of rotatable bonds is 2. The van der Waals surface area contributed by atoms with E-state index in [2.05, 4.69) is 25.1 Å². The van der Waals surface area contributed by atoms with E-state index in [1.807, 2.05) is 24.3 Å². The predicted octanol–water partition coefficient (Wildman–Crippen LogP) is 4.37. The molecule has 3 aromatic heterocycles. The van der Waals surface area contributed by atoms with Crippen molar-refractivity contribution in [1.82, 2.24) is 25.1 Å². The van der Waals surface area contributed by atoms with Gasteiger partial charge in [-0.3, -0.25) is 10.1 Å². The number of hydrogen-bond donors (Lipinski definition) is 1. The largest absolute Gasteiger partial charge is 0.278 e. The van der Waals surface area contributed by atoms with E-state index in [9.17, 15) is 4.39 Å². The molecular formula is C20H12FN5. The number of pyridine rings is 1. The third-order valence-electron chi connectivity index (χ3n) is 4.31. The molecule has 5 rings (SSSR count). The monoisotopic (exact) mass is 341 g/mol. The van der Waals surface area contributed by atoms with Gasteiger partial charge in [-0.2, -0.15) is 5.10 Å². The number of benzene rings is 2. The van der Waals surface area contributed by atoms with Crippen molar-refractivity contribution in [3.05, 3.63) is 72.9 Å². The van der Waals surface area contributed by atoms with Crippen LogP contribution in [0.3, 0.4) is 0 Å². The summed E-state index contributed by atoms with van der Waals surface area (Å²) >= 11 is 0. The number of aromatic nitrogens is 5. The number of nitrogens with one attached hydrogen (secondary N) is 1. The lowest BCUT2D eigenvalue weighted by Crippen LogP contribution is -1.92. The highest BCUT2D eigenvalue weighted by atomic mass is 19.1. The molecule has 1 N–H and O–H groups in total. The van der Waals surface area contributed by atoms with Crippen LogP contribution in [0.25, 0.3) is 44.5 Å². The normalized spacial score (nSPS) is 11.3. The van der Waals surface area contributed by atoms with E-state index >= 15 is 0 Å². The zero-order valence-electron chi connectivity index (χ0n) is 13.5. The van der Waals surface area contributed by atoms with Crippen molar-refractivity contribution in [2.75, 3.05) is 0 Å². The van der Waals surface area contributed by atoms with Crippen LogP contribution in [-0.4, -0.2) is 25.1 Å². The molecule has 0 aliphatic carbocycles. The minimum atomic E-state index is -0.278. The first kappa shape index (κ1) is 14.7. The molecule has 0 radical (unpaired) electrons. The second kappa shape index (κ2) is 5.70. The van der Waals surface area contributed by atoms with Crippen LogP contribution >= 0.6 is 0 Å². The van der Waals surface area contributed by atoms with E-state index < -0.39 is 0 Å². The summed E-state index contributed by atoms with van der Waals surface area (Å²) in [5, 5.41) is 8.08. The maximum absolute atomic E-state index is 13.1. The van der Waals surface area contributed by atoms with Crippen molar-refractivity contribution in [2.45, 2.75) is 0 Å². The molecule has 0 aliphatic heterocycles. The van der Waals surface area contributed by atoms with Crippen LogP contribution in [0.2, 0.25) is 0 Å². The van der Waals surface area contributed by atoms with E-state index in [0.717, 1.165) is 27.6 Å². The number of aromatic amines is 1. The smallest absolute Gasteiger partial charge is 0.178 e. The predicted molar refractivity (Wildman–Crippen MR) is 97.8 cm³/mol. The van der Waals surface area contributed by atoms with Crippen LogP contribution in [0, 0.1) is 5.82 Å². The average molecular weight is 341 g/mol. The van der Waals surface area contributed by atoms with Gasteiger partial charge in [0, 0.05) is 22.7 Å². The molecule has 124 valence electrons. The van der Waals surface area contributed by atoms with Crippen LogP contribution in [-0.2, 0) is 0 Å². The van der Waals surface area contributed by atoms with Crippen LogP contribution in [0.1, 0.15) is 0 Å². The zero-order chi connectivity index (χ0) is 17.5. The van der Waals surface area contributed by atoms with Crippen molar-refractivity contribution < 1.29 is 4.39 Å². The Labute approximate surface area is 147 Å². The fourth-order valence-electron chi connectivity index (χ4n) is 2.93. The number of nitrogens with zero attached hydrogens (tertiary/aromatic N) is 4. The summed E-state index contributed by atoms with van der Waals surface area (Å²) in [4.78, 5) is 13.5. The van der Waals surface area contributed by atoms with Gasteiger partial charge in [0.05, 0.1) is 23.6 Å². The van der Waals surface area contributed by atoms with Gasteiger partial charge in [0.25, 0.3) is 0 Å². The van der Waals surface area contributed by atoms with Crippen LogP contribution in [0.4, 0.5) is 4.39 Å². The summed E-state index contributed by atoms with van der Waals surface area (Å²) in [5.74, 6) is -0.278. The Morgan fingerprint density at radius 1 is 0.769 bits per heavy atom. The Bertz CT molecular complexity index is 1240. The fraction of sp³-hybridized carbons (Fsp3) is 0. The topological polar surface area (TPSA) is 67.3 Å². The van der Waals surface area contributed by atoms with Gasteiger partial charge in [0.2, 0.25) is 0 Å². The molecule has 5 aromatic rings. The maximum Gasteiger partial charge on any atom is 0.178 e. The first-order chi connectivity index (χ1) is 12.8. The number of hydrogen-bond acceptors (Lipinski definition) is 4. The number of halogens is 1. The van der Waals surface area contributed by atoms with Gasteiger partial charge in [-0.25, -0.2) is 14.4 Å². The average Bonchev–Trinajstić information content (AvgIpc) is 3.15. The first-order valence-electron chi connectivity index (χ1n) is 8.08. The highest BCUT2D eigenvalue weighted by Crippen LogP contribution is 2.25. The molecule has 6 heteroatoms. The standard InChI is InChI=1S/C20H12FN5/c21-16-5-3-12(4-6-16)19-11-22-18-8-15(9-23-20(18)25-19)13-1-2-14-10-24-26-17(14)7-13/h1-11H,(H,24,26). The molecule has 5 nitrogen and oxygen atoms in total. The van der Waals surface area contributed by atoms with Crippen molar-refractivity contribution >= 4 is 22.1 Å². The van der Waals surface area contributed by atoms with Crippen LogP contribution in [0.5, 0.6) is 0 Å². The van der Waals surface area contributed by atoms with Crippen LogP contribution < -0.4 is 0 Å². The Morgan fingerprint density at radius 2 is 1.62 bits per heavy atom. The molecule has 0 saturated carbocycles. The summed E-state index contributed by atoms with van der Waals surface area (Å²) in [6, 6.07) is 14.2. The van der Waals surface area contributed by atoms with E-state index in [4.69, 9.17) is 0 Å². The number of H-pyrrole nitrogens is 1. The van der Waals surface area contributed by atoms with E-state index in [0.29, 0.717) is 16.9 Å². The molecule has 2 aromatic carbocycles. The van der Waals surface area contributed by atoms with Crippen molar-refractivity contribution in [3.8, 4) is 22.4 Å². The van der Waals surface area contributed by atoms with Gasteiger partial charge >= 0.3 is 0 Å². The van der Waals surface area contributed by atoms with E-state index in [1.54, 1.807) is 30.7 Å². The summed E-state index contributed by atoms with van der Waals surface area (Å²) < 4.78 is 13.1. The lowest BCUT2D eigenvalue weighted by atomic mass is 10.1. The van der Waals surface area contributed by atoms with E-state index in [-0.39, 0.29) is 5.82 Å². The molecule has 0 fully saturated rings. The summed E-state index contributed by atoms with van der Waals surface area (Å²) in [6.07, 6.45) is 5.25. The summed E-state index contributed by atoms with van der Waals surface area (Å²) in [7, 11) is 0. The second-order valence-electron chi connectivity index (χ2n) is 6.00. The third-order valence-corrected chi connectivity index (χ3v) is 4.31. The molecule has 0 aliphatic rings. The second-order valence-corrected chi connectivity index (χ2v) is 6.00. The fourth-order valence-corrected chi connectivity index (χ4v) is 2.93. The molecule has 0 amide bonds. The van der Waals surface area contributed by atoms with Crippen molar-refractivity contribution in [2.24, 2.45) is 0 Å². The molecular weight excluding hydrogens is 329 g/mol. The summed E-state index contributed by atoms with van der Waals surface area (Å²) in [6.45, 7) is 0. The first-order valence-corrected chi connectivity index (χ1v) is 8.08. The number of fused-ring (bicyclic) bond motifs is 2. The molecule has 0 bridgehead atoms. The van der Waals surface area contributed by atoms with Crippen molar-refractivity contribution in [1.29, 1.82) is 0 Å². The van der Waals surface area contributed by atoms with E-state index in [1.165, 1.54) is 12.1 Å². The Balaban J connectivity index is 1.57. The Hall–Kier alpha value is -3.67. The molecule has 3 heterocycles. The SMILES string of the molecule is Fc1ccc(-c2cnc3cc(-c4ccc5cn[nH]c5c4)cnc3n2)cc1. The maximum atomic E-state index is 13.1. The van der Waals surface area contributed by atoms with Gasteiger partial charge in [0.1, 0.15) is 11.3 Å². The molecule has 26 heavy (non-hydrogen) atoms. The zero-order valence-corrected chi connectivity index (χ0v) is 13.5. The highest BCUT2D eigenvalue weighted by molar-refractivity contribution is 5.86. The Morgan fingerprint density at radius 3 is 2.50 bits per heavy atom.